The Morgan fingerprint density at radius 2 is 0.763 bits per heavy atom. The largest absolute Gasteiger partial charge is 1.00 e. The summed E-state index contributed by atoms with van der Waals surface area (Å²) in [5.74, 6) is 0. The Kier molecular flexibility index (Phi) is 12.5. The summed E-state index contributed by atoms with van der Waals surface area (Å²) in [5, 5.41) is 0. The van der Waals surface area contributed by atoms with Gasteiger partial charge < -0.3 is 34.0 Å². The van der Waals surface area contributed by atoms with Crippen LogP contribution in [0.2, 0.25) is 0 Å². The lowest BCUT2D eigenvalue weighted by Gasteiger charge is -2.14. The minimum atomic E-state index is 0. The van der Waals surface area contributed by atoms with Crippen LogP contribution in [0.4, 0.5) is 11.4 Å². The van der Waals surface area contributed by atoms with E-state index in [9.17, 15) is 0 Å². The van der Waals surface area contributed by atoms with Gasteiger partial charge >= 0.3 is 0 Å². The number of rotatable bonds is 13. The van der Waals surface area contributed by atoms with Gasteiger partial charge in [0.1, 0.15) is 13.1 Å². The van der Waals surface area contributed by atoms with Crippen LogP contribution in [0.3, 0.4) is 0 Å². The van der Waals surface area contributed by atoms with Crippen LogP contribution >= 0.6 is 0 Å². The molecule has 2 heterocycles. The average Bonchev–Trinajstić information content (AvgIpc) is 3.19. The molecule has 4 rings (SSSR count). The van der Waals surface area contributed by atoms with Crippen LogP contribution < -0.4 is 34.0 Å². The molecule has 0 aromatic heterocycles. The summed E-state index contributed by atoms with van der Waals surface area (Å²) in [4.78, 5) is 0. The van der Waals surface area contributed by atoms with Gasteiger partial charge in [-0.1, -0.05) is 74.9 Å². The van der Waals surface area contributed by atoms with E-state index in [1.807, 2.05) is 0 Å². The van der Waals surface area contributed by atoms with Crippen LogP contribution in [0.5, 0.6) is 0 Å². The molecule has 0 amide bonds. The smallest absolute Gasteiger partial charge is 0.209 e. The molecule has 0 atom stereocenters. The second-order valence-electron chi connectivity index (χ2n) is 12.3. The minimum absolute atomic E-state index is 0. The lowest BCUT2D eigenvalue weighted by atomic mass is 9.82. The van der Waals surface area contributed by atoms with Crippen LogP contribution in [0.25, 0.3) is 0 Å². The van der Waals surface area contributed by atoms with Gasteiger partial charge in [0.15, 0.2) is 11.4 Å². The van der Waals surface area contributed by atoms with E-state index < -0.39 is 0 Å². The third-order valence-electron chi connectivity index (χ3n) is 9.37. The van der Waals surface area contributed by atoms with Gasteiger partial charge in [-0.2, -0.15) is 9.15 Å². The number of halogens is 2. The fourth-order valence-corrected chi connectivity index (χ4v) is 6.43. The molecule has 0 unspecified atom stereocenters. The molecular weight excluding hydrogens is 596 g/mol. The highest BCUT2D eigenvalue weighted by atomic mass is 79.9. The molecule has 2 aromatic rings. The van der Waals surface area contributed by atoms with E-state index in [1.54, 1.807) is 0 Å². The summed E-state index contributed by atoms with van der Waals surface area (Å²) >= 11 is 0. The van der Waals surface area contributed by atoms with Crippen molar-refractivity contribution in [2.24, 2.45) is 0 Å². The van der Waals surface area contributed by atoms with Crippen LogP contribution in [-0.4, -0.2) is 33.7 Å². The van der Waals surface area contributed by atoms with E-state index in [1.165, 1.54) is 111 Å². The van der Waals surface area contributed by atoms with Gasteiger partial charge in [0, 0.05) is 49.9 Å². The molecule has 0 bridgehead atoms. The molecule has 4 heteroatoms. The Balaban J connectivity index is 0.00000253. The quantitative estimate of drug-likeness (QED) is 0.233. The van der Waals surface area contributed by atoms with Crippen LogP contribution in [-0.2, 0) is 10.8 Å². The van der Waals surface area contributed by atoms with E-state index in [4.69, 9.17) is 0 Å². The SMILES string of the molecule is CC1=[N+](CCCCCCCCCCCC[N+]2=C(C)C(C)(C)c3ccccc32)c2ccccc2C1(C)C.[Br-].[Br-]. The van der Waals surface area contributed by atoms with Gasteiger partial charge in [-0.25, -0.2) is 0 Å². The van der Waals surface area contributed by atoms with Gasteiger partial charge in [-0.05, 0) is 40.5 Å². The van der Waals surface area contributed by atoms with Crippen molar-refractivity contribution in [1.82, 2.24) is 0 Å². The molecule has 2 aromatic carbocycles. The Morgan fingerprint density at radius 3 is 1.11 bits per heavy atom. The van der Waals surface area contributed by atoms with Crippen molar-refractivity contribution in [2.45, 2.75) is 117 Å². The predicted octanol–water partition coefficient (Wildman–Crippen LogP) is 3.09. The van der Waals surface area contributed by atoms with E-state index in [0.29, 0.717) is 0 Å². The summed E-state index contributed by atoms with van der Waals surface area (Å²) < 4.78 is 5.16. The monoisotopic (exact) mass is 644 g/mol. The molecular formula is C34H50Br2N2. The molecule has 2 nitrogen and oxygen atoms in total. The zero-order valence-corrected chi connectivity index (χ0v) is 27.9. The molecule has 0 N–H and O–H groups in total. The topological polar surface area (TPSA) is 6.02 Å². The highest BCUT2D eigenvalue weighted by Gasteiger charge is 2.43. The Labute approximate surface area is 254 Å². The number of nitrogens with zero attached hydrogens (tertiary/aromatic N) is 2. The highest BCUT2D eigenvalue weighted by Crippen LogP contribution is 2.40. The fourth-order valence-electron chi connectivity index (χ4n) is 6.43. The summed E-state index contributed by atoms with van der Waals surface area (Å²) in [6.07, 6.45) is 13.7. The third kappa shape index (κ3) is 6.89. The van der Waals surface area contributed by atoms with Crippen LogP contribution in [0, 0.1) is 0 Å². The van der Waals surface area contributed by atoms with Gasteiger partial charge in [0.25, 0.3) is 0 Å². The molecule has 210 valence electrons. The first kappa shape index (κ1) is 32.9. The summed E-state index contributed by atoms with van der Waals surface area (Å²) in [5.41, 5.74) is 9.21. The van der Waals surface area contributed by atoms with Crippen molar-refractivity contribution < 1.29 is 43.1 Å². The molecule has 0 saturated carbocycles. The van der Waals surface area contributed by atoms with Crippen molar-refractivity contribution in [3.63, 3.8) is 0 Å². The van der Waals surface area contributed by atoms with Gasteiger partial charge in [0.2, 0.25) is 11.4 Å². The van der Waals surface area contributed by atoms with Crippen molar-refractivity contribution in [3.8, 4) is 0 Å². The summed E-state index contributed by atoms with van der Waals surface area (Å²) in [6.45, 7) is 16.5. The normalized spacial score (nSPS) is 16.7. The number of para-hydroxylation sites is 2. The van der Waals surface area contributed by atoms with E-state index in [0.717, 1.165) is 0 Å². The van der Waals surface area contributed by atoms with Crippen molar-refractivity contribution in [1.29, 1.82) is 0 Å². The first-order valence-corrected chi connectivity index (χ1v) is 14.7. The van der Waals surface area contributed by atoms with Gasteiger partial charge in [-0.3, -0.25) is 0 Å². The molecule has 2 aliphatic heterocycles. The average molecular weight is 647 g/mol. The first-order chi connectivity index (χ1) is 17.3. The molecule has 38 heavy (non-hydrogen) atoms. The number of hydrogen-bond donors (Lipinski definition) is 0. The number of fused-ring (bicyclic) bond motifs is 2. The maximum absolute atomic E-state index is 2.58. The van der Waals surface area contributed by atoms with Crippen LogP contribution in [0.1, 0.15) is 117 Å². The van der Waals surface area contributed by atoms with Crippen molar-refractivity contribution in [2.75, 3.05) is 13.1 Å². The zero-order chi connectivity index (χ0) is 25.8. The fraction of sp³-hybridized carbons (Fsp3) is 0.588. The van der Waals surface area contributed by atoms with Gasteiger partial charge in [0.05, 0.1) is 10.8 Å². The standard InChI is InChI=1S/C34H50N2.2BrH/c1-27-33(3,4)29-21-15-17-23-31(29)35(27)25-19-13-11-9-7-8-10-12-14-20-26-36-28(2)34(5,6)30-22-16-18-24-32(30)36;;/h15-18,21-24H,7-14,19-20,25-26H2,1-6H3;2*1H/q+2;;/p-2. The van der Waals surface area contributed by atoms with Gasteiger partial charge in [-0.15, -0.1) is 0 Å². The summed E-state index contributed by atoms with van der Waals surface area (Å²) in [6, 6.07) is 18.0. The molecule has 0 aliphatic carbocycles. The zero-order valence-electron chi connectivity index (χ0n) is 24.8. The van der Waals surface area contributed by atoms with Crippen molar-refractivity contribution >= 4 is 22.8 Å². The number of benzene rings is 2. The lowest BCUT2D eigenvalue weighted by molar-refractivity contribution is -0.439. The van der Waals surface area contributed by atoms with E-state index >= 15 is 0 Å². The van der Waals surface area contributed by atoms with Crippen molar-refractivity contribution in [3.05, 3.63) is 59.7 Å². The maximum atomic E-state index is 2.58. The lowest BCUT2D eigenvalue weighted by Crippen LogP contribution is -3.00. The minimum Gasteiger partial charge on any atom is -1.00 e. The number of unbranched alkanes of at least 4 members (excludes halogenated alkanes) is 9. The summed E-state index contributed by atoms with van der Waals surface area (Å²) in [7, 11) is 0. The Morgan fingerprint density at radius 1 is 0.474 bits per heavy atom. The molecule has 2 aliphatic rings. The second-order valence-corrected chi connectivity index (χ2v) is 12.3. The highest BCUT2D eigenvalue weighted by molar-refractivity contribution is 5.93. The first-order valence-electron chi connectivity index (χ1n) is 14.7. The second kappa shape index (κ2) is 14.4. The Bertz CT molecular complexity index is 1040. The number of hydrogen-bond acceptors (Lipinski definition) is 0. The predicted molar refractivity (Wildman–Crippen MR) is 156 cm³/mol. The van der Waals surface area contributed by atoms with Crippen LogP contribution in [0.15, 0.2) is 48.5 Å². The molecule has 0 radical (unpaired) electrons. The molecule has 0 saturated heterocycles. The van der Waals surface area contributed by atoms with E-state index in [-0.39, 0.29) is 44.8 Å². The molecule has 0 spiro atoms. The Hall–Kier alpha value is -1.26. The third-order valence-corrected chi connectivity index (χ3v) is 9.37. The molecule has 0 fully saturated rings. The maximum Gasteiger partial charge on any atom is 0.209 e. The van der Waals surface area contributed by atoms with E-state index in [2.05, 4.69) is 99.2 Å².